The number of hydrogen-bond acceptors (Lipinski definition) is 3. The summed E-state index contributed by atoms with van der Waals surface area (Å²) in [6, 6.07) is 0.0650. The second-order valence-corrected chi connectivity index (χ2v) is 2.99. The lowest BCUT2D eigenvalue weighted by atomic mass is 10.2. The van der Waals surface area contributed by atoms with Crippen molar-refractivity contribution in [3.8, 4) is 0 Å². The molecule has 2 N–H and O–H groups in total. The summed E-state index contributed by atoms with van der Waals surface area (Å²) < 4.78 is 0. The molecule has 3 nitrogen and oxygen atoms in total. The van der Waals surface area contributed by atoms with Crippen LogP contribution >= 0.6 is 0 Å². The molecule has 0 saturated carbocycles. The SMILES string of the molecule is C=CCN(CCO)C(C)C(C)O. The van der Waals surface area contributed by atoms with Gasteiger partial charge in [0.1, 0.15) is 0 Å². The number of rotatable bonds is 6. The van der Waals surface area contributed by atoms with Crippen LogP contribution in [0.1, 0.15) is 13.8 Å². The van der Waals surface area contributed by atoms with Gasteiger partial charge in [-0.05, 0) is 13.8 Å². The van der Waals surface area contributed by atoms with Gasteiger partial charge in [0.15, 0.2) is 0 Å². The molecule has 0 fully saturated rings. The summed E-state index contributed by atoms with van der Waals surface area (Å²) in [6.07, 6.45) is 1.39. The van der Waals surface area contributed by atoms with Crippen LogP contribution in [0.2, 0.25) is 0 Å². The summed E-state index contributed by atoms with van der Waals surface area (Å²) in [5.74, 6) is 0. The Balaban J connectivity index is 3.98. The van der Waals surface area contributed by atoms with E-state index in [2.05, 4.69) is 6.58 Å². The Morgan fingerprint density at radius 1 is 1.50 bits per heavy atom. The maximum absolute atomic E-state index is 9.29. The predicted octanol–water partition coefficient (Wildman–Crippen LogP) is 0.236. The number of aliphatic hydroxyl groups excluding tert-OH is 2. The first-order valence-corrected chi connectivity index (χ1v) is 4.27. The van der Waals surface area contributed by atoms with Crippen molar-refractivity contribution in [2.75, 3.05) is 19.7 Å². The molecule has 0 aliphatic carbocycles. The Hall–Kier alpha value is -0.380. The van der Waals surface area contributed by atoms with Gasteiger partial charge in [-0.1, -0.05) is 6.08 Å². The Labute approximate surface area is 74.3 Å². The Morgan fingerprint density at radius 3 is 2.42 bits per heavy atom. The highest BCUT2D eigenvalue weighted by atomic mass is 16.3. The fourth-order valence-electron chi connectivity index (χ4n) is 1.06. The van der Waals surface area contributed by atoms with Gasteiger partial charge in [0.25, 0.3) is 0 Å². The van der Waals surface area contributed by atoms with Crippen LogP contribution in [0.15, 0.2) is 12.7 Å². The number of aliphatic hydroxyl groups is 2. The van der Waals surface area contributed by atoms with Crippen molar-refractivity contribution in [2.45, 2.75) is 26.0 Å². The van der Waals surface area contributed by atoms with Crippen LogP contribution < -0.4 is 0 Å². The first kappa shape index (κ1) is 11.6. The predicted molar refractivity (Wildman–Crippen MR) is 50.0 cm³/mol. The molecule has 0 bridgehead atoms. The smallest absolute Gasteiger partial charge is 0.0664 e. The van der Waals surface area contributed by atoms with Gasteiger partial charge in [-0.2, -0.15) is 0 Å². The summed E-state index contributed by atoms with van der Waals surface area (Å²) in [4.78, 5) is 1.98. The van der Waals surface area contributed by atoms with Crippen molar-refractivity contribution < 1.29 is 10.2 Å². The van der Waals surface area contributed by atoms with Crippen LogP contribution in [-0.2, 0) is 0 Å². The second kappa shape index (κ2) is 6.17. The standard InChI is InChI=1S/C9H19NO2/c1-4-5-10(6-7-11)8(2)9(3)12/h4,8-9,11-12H,1,5-7H2,2-3H3. The van der Waals surface area contributed by atoms with Crippen LogP contribution in [-0.4, -0.2) is 47.0 Å². The highest BCUT2D eigenvalue weighted by Crippen LogP contribution is 2.03. The average Bonchev–Trinajstić information content (AvgIpc) is 2.03. The van der Waals surface area contributed by atoms with Gasteiger partial charge in [-0.3, -0.25) is 4.90 Å². The van der Waals surface area contributed by atoms with Crippen molar-refractivity contribution in [1.29, 1.82) is 0 Å². The third-order valence-electron chi connectivity index (χ3n) is 2.02. The molecule has 0 aliphatic rings. The molecule has 0 saturated heterocycles. The molecule has 0 aromatic heterocycles. The van der Waals surface area contributed by atoms with Gasteiger partial charge in [0.2, 0.25) is 0 Å². The molecule has 72 valence electrons. The zero-order valence-corrected chi connectivity index (χ0v) is 7.90. The zero-order valence-electron chi connectivity index (χ0n) is 7.90. The van der Waals surface area contributed by atoms with Gasteiger partial charge < -0.3 is 10.2 Å². The van der Waals surface area contributed by atoms with Crippen molar-refractivity contribution in [3.63, 3.8) is 0 Å². The van der Waals surface area contributed by atoms with E-state index in [1.807, 2.05) is 11.8 Å². The zero-order chi connectivity index (χ0) is 9.56. The monoisotopic (exact) mass is 173 g/mol. The summed E-state index contributed by atoms with van der Waals surface area (Å²) >= 11 is 0. The van der Waals surface area contributed by atoms with Crippen LogP contribution in [0.5, 0.6) is 0 Å². The lowest BCUT2D eigenvalue weighted by Crippen LogP contribution is -2.41. The summed E-state index contributed by atoms with van der Waals surface area (Å²) in [5, 5.41) is 18.0. The van der Waals surface area contributed by atoms with Gasteiger partial charge in [-0.15, -0.1) is 6.58 Å². The fraction of sp³-hybridized carbons (Fsp3) is 0.778. The van der Waals surface area contributed by atoms with E-state index in [0.29, 0.717) is 13.1 Å². The van der Waals surface area contributed by atoms with Crippen molar-refractivity contribution in [3.05, 3.63) is 12.7 Å². The van der Waals surface area contributed by atoms with E-state index in [4.69, 9.17) is 5.11 Å². The molecular weight excluding hydrogens is 154 g/mol. The van der Waals surface area contributed by atoms with Crippen molar-refractivity contribution in [1.82, 2.24) is 4.90 Å². The highest BCUT2D eigenvalue weighted by Gasteiger charge is 2.15. The lowest BCUT2D eigenvalue weighted by molar-refractivity contribution is 0.0668. The molecule has 2 unspecified atom stereocenters. The molecule has 3 heteroatoms. The quantitative estimate of drug-likeness (QED) is 0.565. The van der Waals surface area contributed by atoms with E-state index in [0.717, 1.165) is 0 Å². The summed E-state index contributed by atoms with van der Waals surface area (Å²) in [5.41, 5.74) is 0. The highest BCUT2D eigenvalue weighted by molar-refractivity contribution is 4.79. The van der Waals surface area contributed by atoms with Gasteiger partial charge in [-0.25, -0.2) is 0 Å². The molecule has 0 rings (SSSR count). The second-order valence-electron chi connectivity index (χ2n) is 2.99. The number of nitrogens with zero attached hydrogens (tertiary/aromatic N) is 1. The molecule has 0 aromatic rings. The largest absolute Gasteiger partial charge is 0.395 e. The average molecular weight is 173 g/mol. The lowest BCUT2D eigenvalue weighted by Gasteiger charge is -2.29. The first-order chi connectivity index (χ1) is 5.63. The third-order valence-corrected chi connectivity index (χ3v) is 2.02. The van der Waals surface area contributed by atoms with E-state index < -0.39 is 0 Å². The minimum atomic E-state index is -0.378. The Morgan fingerprint density at radius 2 is 2.08 bits per heavy atom. The van der Waals surface area contributed by atoms with Gasteiger partial charge in [0, 0.05) is 19.1 Å². The van der Waals surface area contributed by atoms with Crippen LogP contribution in [0.3, 0.4) is 0 Å². The maximum Gasteiger partial charge on any atom is 0.0664 e. The van der Waals surface area contributed by atoms with E-state index in [1.54, 1.807) is 13.0 Å². The van der Waals surface area contributed by atoms with E-state index >= 15 is 0 Å². The van der Waals surface area contributed by atoms with E-state index in [1.165, 1.54) is 0 Å². The minimum absolute atomic E-state index is 0.0650. The van der Waals surface area contributed by atoms with Crippen LogP contribution in [0.25, 0.3) is 0 Å². The minimum Gasteiger partial charge on any atom is -0.395 e. The van der Waals surface area contributed by atoms with Crippen molar-refractivity contribution in [2.24, 2.45) is 0 Å². The third kappa shape index (κ3) is 3.85. The van der Waals surface area contributed by atoms with Crippen LogP contribution in [0.4, 0.5) is 0 Å². The topological polar surface area (TPSA) is 43.7 Å². The molecule has 2 atom stereocenters. The first-order valence-electron chi connectivity index (χ1n) is 4.27. The van der Waals surface area contributed by atoms with Gasteiger partial charge >= 0.3 is 0 Å². The summed E-state index contributed by atoms with van der Waals surface area (Å²) in [6.45, 7) is 8.70. The normalized spacial score (nSPS) is 16.1. The van der Waals surface area contributed by atoms with Crippen LogP contribution in [0, 0.1) is 0 Å². The molecule has 0 aromatic carbocycles. The fourth-order valence-corrected chi connectivity index (χ4v) is 1.06. The molecule has 0 spiro atoms. The van der Waals surface area contributed by atoms with E-state index in [-0.39, 0.29) is 18.8 Å². The Kier molecular flexibility index (Phi) is 5.98. The molecular formula is C9H19NO2. The molecule has 0 radical (unpaired) electrons. The van der Waals surface area contributed by atoms with Crippen molar-refractivity contribution >= 4 is 0 Å². The molecule has 0 heterocycles. The molecule has 0 amide bonds. The maximum atomic E-state index is 9.29. The Bertz CT molecular complexity index is 126. The van der Waals surface area contributed by atoms with Gasteiger partial charge in [0.05, 0.1) is 12.7 Å². The molecule has 12 heavy (non-hydrogen) atoms. The number of hydrogen-bond donors (Lipinski definition) is 2. The summed E-state index contributed by atoms with van der Waals surface area (Å²) in [7, 11) is 0. The van der Waals surface area contributed by atoms with E-state index in [9.17, 15) is 5.11 Å². The molecule has 0 aliphatic heterocycles.